The molecule has 2 aromatic rings. The average Bonchev–Trinajstić information content (AvgIpc) is 2.90. The summed E-state index contributed by atoms with van der Waals surface area (Å²) in [6.45, 7) is 4.37. The fourth-order valence-corrected chi connectivity index (χ4v) is 6.83. The molecule has 36 heavy (non-hydrogen) atoms. The average molecular weight is 499 g/mol. The molecule has 2 aromatic carbocycles. The number of rotatable bonds is 10. The molecule has 0 saturated heterocycles. The molecule has 0 radical (unpaired) electrons. The molecule has 0 amide bonds. The maximum Gasteiger partial charge on any atom is 0.162 e. The molecule has 0 aliphatic heterocycles. The summed E-state index contributed by atoms with van der Waals surface area (Å²) in [7, 11) is 0. The molecule has 0 heterocycles. The lowest BCUT2D eigenvalue weighted by Gasteiger charge is -2.31. The van der Waals surface area contributed by atoms with Crippen LogP contribution in [0.15, 0.2) is 30.3 Å². The maximum atomic E-state index is 15.2. The van der Waals surface area contributed by atoms with Gasteiger partial charge in [-0.2, -0.15) is 0 Å². The van der Waals surface area contributed by atoms with Gasteiger partial charge in [-0.1, -0.05) is 57.4 Å². The molecule has 0 aromatic heterocycles. The third-order valence-corrected chi connectivity index (χ3v) is 9.17. The lowest BCUT2D eigenvalue weighted by atomic mass is 9.75. The van der Waals surface area contributed by atoms with Crippen molar-refractivity contribution in [3.8, 4) is 0 Å². The SMILES string of the molecule is CCCCc1ccc(CCC2CCC(c3ccc(C4CCC(CCC)CC4)c(F)c3F)CC2)c(F)c1. The van der Waals surface area contributed by atoms with E-state index in [0.29, 0.717) is 17.0 Å². The molecule has 2 aliphatic carbocycles. The van der Waals surface area contributed by atoms with Gasteiger partial charge < -0.3 is 0 Å². The number of hydrogen-bond donors (Lipinski definition) is 0. The van der Waals surface area contributed by atoms with Crippen LogP contribution < -0.4 is 0 Å². The Morgan fingerprint density at radius 1 is 0.639 bits per heavy atom. The molecule has 0 atom stereocenters. The summed E-state index contributed by atoms with van der Waals surface area (Å²) < 4.78 is 44.9. The fourth-order valence-electron chi connectivity index (χ4n) is 6.83. The summed E-state index contributed by atoms with van der Waals surface area (Å²) in [5.74, 6) is 0.288. The first-order valence-corrected chi connectivity index (χ1v) is 14.7. The largest absolute Gasteiger partial charge is 0.207 e. The second-order valence-corrected chi connectivity index (χ2v) is 11.7. The lowest BCUT2D eigenvalue weighted by Crippen LogP contribution is -2.17. The summed E-state index contributed by atoms with van der Waals surface area (Å²) in [6.07, 6.45) is 15.4. The van der Waals surface area contributed by atoms with Gasteiger partial charge in [-0.05, 0) is 129 Å². The molecular formula is C33H45F3. The number of halogens is 3. The smallest absolute Gasteiger partial charge is 0.162 e. The van der Waals surface area contributed by atoms with Crippen molar-refractivity contribution in [1.82, 2.24) is 0 Å². The standard InChI is InChI=1S/C33H45F3/c1-3-5-7-25-13-19-28(31(34)22-25)18-12-24-10-16-27(17-11-24)30-21-20-29(32(35)33(30)36)26-14-8-23(6-4-2)9-15-26/h13,19-24,26-27H,3-12,14-18H2,1-2H3. The van der Waals surface area contributed by atoms with E-state index in [1.165, 1.54) is 12.8 Å². The number of benzene rings is 2. The van der Waals surface area contributed by atoms with Crippen LogP contribution in [0.3, 0.4) is 0 Å². The predicted molar refractivity (Wildman–Crippen MR) is 144 cm³/mol. The van der Waals surface area contributed by atoms with Crippen molar-refractivity contribution in [2.75, 3.05) is 0 Å². The van der Waals surface area contributed by atoms with Crippen LogP contribution in [0.25, 0.3) is 0 Å². The van der Waals surface area contributed by atoms with Gasteiger partial charge in [-0.25, -0.2) is 13.2 Å². The normalized spacial score (nSPS) is 24.7. The van der Waals surface area contributed by atoms with Gasteiger partial charge in [0.05, 0.1) is 0 Å². The first-order valence-electron chi connectivity index (χ1n) is 14.7. The van der Waals surface area contributed by atoms with Crippen molar-refractivity contribution < 1.29 is 13.2 Å². The maximum absolute atomic E-state index is 15.2. The lowest BCUT2D eigenvalue weighted by molar-refractivity contribution is 0.297. The highest BCUT2D eigenvalue weighted by Crippen LogP contribution is 2.42. The van der Waals surface area contributed by atoms with Crippen molar-refractivity contribution >= 4 is 0 Å². The quantitative estimate of drug-likeness (QED) is 0.306. The van der Waals surface area contributed by atoms with E-state index < -0.39 is 11.6 Å². The van der Waals surface area contributed by atoms with Crippen LogP contribution >= 0.6 is 0 Å². The van der Waals surface area contributed by atoms with E-state index >= 15 is 8.78 Å². The Morgan fingerprint density at radius 2 is 1.19 bits per heavy atom. The van der Waals surface area contributed by atoms with Crippen LogP contribution in [0.2, 0.25) is 0 Å². The van der Waals surface area contributed by atoms with Gasteiger partial charge in [-0.15, -0.1) is 0 Å². The molecule has 0 nitrogen and oxygen atoms in total. The van der Waals surface area contributed by atoms with Crippen LogP contribution in [0.5, 0.6) is 0 Å². The molecular weight excluding hydrogens is 453 g/mol. The molecule has 2 aliphatic rings. The molecule has 2 fully saturated rings. The molecule has 0 unspecified atom stereocenters. The molecule has 3 heteroatoms. The van der Waals surface area contributed by atoms with Crippen LogP contribution in [0.4, 0.5) is 13.2 Å². The summed E-state index contributed by atoms with van der Waals surface area (Å²) in [4.78, 5) is 0. The zero-order chi connectivity index (χ0) is 25.5. The fraction of sp³-hybridized carbons (Fsp3) is 0.636. The Hall–Kier alpha value is -1.77. The zero-order valence-electron chi connectivity index (χ0n) is 22.4. The second kappa shape index (κ2) is 13.2. The van der Waals surface area contributed by atoms with E-state index in [-0.39, 0.29) is 17.7 Å². The number of aryl methyl sites for hydroxylation is 2. The van der Waals surface area contributed by atoms with Gasteiger partial charge in [0.2, 0.25) is 0 Å². The van der Waals surface area contributed by atoms with Crippen LogP contribution in [-0.2, 0) is 12.8 Å². The van der Waals surface area contributed by atoms with Crippen molar-refractivity contribution in [2.45, 2.75) is 122 Å². The zero-order valence-corrected chi connectivity index (χ0v) is 22.4. The summed E-state index contributed by atoms with van der Waals surface area (Å²) >= 11 is 0. The molecule has 2 saturated carbocycles. The first-order chi connectivity index (χ1) is 17.5. The number of hydrogen-bond acceptors (Lipinski definition) is 0. The molecule has 0 spiro atoms. The molecule has 4 rings (SSSR count). The van der Waals surface area contributed by atoms with Crippen LogP contribution in [0, 0.1) is 29.3 Å². The molecule has 0 N–H and O–H groups in total. The van der Waals surface area contributed by atoms with Crippen molar-refractivity contribution in [3.63, 3.8) is 0 Å². The summed E-state index contributed by atoms with van der Waals surface area (Å²) in [6, 6.07) is 9.51. The summed E-state index contributed by atoms with van der Waals surface area (Å²) in [5.41, 5.74) is 3.07. The van der Waals surface area contributed by atoms with Crippen molar-refractivity contribution in [1.29, 1.82) is 0 Å². The molecule has 198 valence electrons. The Balaban J connectivity index is 1.29. The Kier molecular flexibility index (Phi) is 9.96. The van der Waals surface area contributed by atoms with Gasteiger partial charge in [-0.3, -0.25) is 0 Å². The monoisotopic (exact) mass is 498 g/mol. The Bertz CT molecular complexity index is 965. The van der Waals surface area contributed by atoms with Crippen molar-refractivity contribution in [2.24, 2.45) is 11.8 Å². The van der Waals surface area contributed by atoms with E-state index in [1.54, 1.807) is 6.07 Å². The van der Waals surface area contributed by atoms with Crippen molar-refractivity contribution in [3.05, 3.63) is 70.0 Å². The second-order valence-electron chi connectivity index (χ2n) is 11.7. The van der Waals surface area contributed by atoms with Gasteiger partial charge in [0.25, 0.3) is 0 Å². The van der Waals surface area contributed by atoms with Gasteiger partial charge >= 0.3 is 0 Å². The highest BCUT2D eigenvalue weighted by atomic mass is 19.2. The van der Waals surface area contributed by atoms with E-state index in [9.17, 15) is 4.39 Å². The van der Waals surface area contributed by atoms with E-state index in [0.717, 1.165) is 101 Å². The van der Waals surface area contributed by atoms with Gasteiger partial charge in [0, 0.05) is 0 Å². The minimum atomic E-state index is -0.600. The van der Waals surface area contributed by atoms with E-state index in [2.05, 4.69) is 19.9 Å². The summed E-state index contributed by atoms with van der Waals surface area (Å²) in [5, 5.41) is 0. The van der Waals surface area contributed by atoms with E-state index in [4.69, 9.17) is 0 Å². The Morgan fingerprint density at radius 3 is 1.69 bits per heavy atom. The highest BCUT2D eigenvalue weighted by molar-refractivity contribution is 5.32. The van der Waals surface area contributed by atoms with Crippen LogP contribution in [-0.4, -0.2) is 0 Å². The first kappa shape index (κ1) is 27.3. The van der Waals surface area contributed by atoms with Crippen LogP contribution in [0.1, 0.15) is 131 Å². The van der Waals surface area contributed by atoms with E-state index in [1.807, 2.05) is 18.2 Å². The van der Waals surface area contributed by atoms with Gasteiger partial charge in [0.1, 0.15) is 5.82 Å². The topological polar surface area (TPSA) is 0 Å². The third kappa shape index (κ3) is 6.75. The Labute approximate surface area is 217 Å². The highest BCUT2D eigenvalue weighted by Gasteiger charge is 2.29. The predicted octanol–water partition coefficient (Wildman–Crippen LogP) is 10.4. The minimum Gasteiger partial charge on any atom is -0.207 e. The minimum absolute atomic E-state index is 0.0752. The molecule has 0 bridgehead atoms. The van der Waals surface area contributed by atoms with Gasteiger partial charge in [0.15, 0.2) is 11.6 Å². The number of unbranched alkanes of at least 4 members (excludes halogenated alkanes) is 1. The third-order valence-electron chi connectivity index (χ3n) is 9.17.